The number of aliphatic hydroxyl groups is 1. The van der Waals surface area contributed by atoms with E-state index in [9.17, 15) is 24.9 Å². The molecule has 3 unspecified atom stereocenters. The predicted molar refractivity (Wildman–Crippen MR) is 216 cm³/mol. The highest BCUT2D eigenvalue weighted by Crippen LogP contribution is 2.44. The summed E-state index contributed by atoms with van der Waals surface area (Å²) in [4.78, 5) is 36.2. The molecule has 4 bridgehead atoms. The van der Waals surface area contributed by atoms with Gasteiger partial charge in [0, 0.05) is 24.3 Å². The number of aromatic amines is 1. The van der Waals surface area contributed by atoms with E-state index in [0.29, 0.717) is 44.3 Å². The van der Waals surface area contributed by atoms with Crippen LogP contribution in [0.4, 0.5) is 5.82 Å². The largest absolute Gasteiger partial charge is 0.664 e. The third-order valence-corrected chi connectivity index (χ3v) is 11.7. The van der Waals surface area contributed by atoms with Gasteiger partial charge in [-0.1, -0.05) is 83.8 Å². The number of phenolic OH excluding ortho intramolecular Hbond substituents is 2. The van der Waals surface area contributed by atoms with Crippen molar-refractivity contribution < 1.29 is 29.6 Å². The summed E-state index contributed by atoms with van der Waals surface area (Å²) in [6, 6.07) is 23.2. The number of phenols is 2. The number of aryl methyl sites for hydroxylation is 2. The van der Waals surface area contributed by atoms with Crippen LogP contribution < -0.4 is 9.72 Å². The van der Waals surface area contributed by atoms with Crippen molar-refractivity contribution in [1.82, 2.24) is 9.97 Å². The van der Waals surface area contributed by atoms with Gasteiger partial charge in [0.15, 0.2) is 11.5 Å². The maximum absolute atomic E-state index is 14.5. The van der Waals surface area contributed by atoms with Crippen molar-refractivity contribution in [3.63, 3.8) is 0 Å². The predicted octanol–water partition coefficient (Wildman–Crippen LogP) is 8.55. The van der Waals surface area contributed by atoms with E-state index in [2.05, 4.69) is 28.2 Å². The lowest BCUT2D eigenvalue weighted by molar-refractivity contribution is -0.129. The normalized spacial score (nSPS) is 19.7. The fourth-order valence-corrected chi connectivity index (χ4v) is 8.89. The first-order valence-electron chi connectivity index (χ1n) is 20.0. The van der Waals surface area contributed by atoms with Crippen LogP contribution in [-0.4, -0.2) is 50.6 Å². The standard InChI is InChI=1S/C47H49N3O6/c51-36-8-4-5-29(23-36)11-13-37(52)26-41-40-16-18-48-42(40)25-35-28-50-47-33(15-17-49-47)20-30-6-3-7-31(19-30)21-34-22-32(12-14-38(53)27-43(54)45(35)41)24-44(46(34)55)56-39-9-1-2-10-39/h3-8,15-19,22-25,37,39,41,45,49,51-52,55H,1-2,9-14,20-21,26-28H2/q-2. The number of nitrogens with one attached hydrogen (secondary N) is 1. The molecule has 3 atom stereocenters. The highest BCUT2D eigenvalue weighted by Gasteiger charge is 2.36. The molecule has 2 aromatic heterocycles. The smallest absolute Gasteiger partial charge is 0.161 e. The van der Waals surface area contributed by atoms with Crippen molar-refractivity contribution in [3.05, 3.63) is 141 Å². The number of Topliss-reactive ketones (excluding diaryl/α,β-unsaturated/α-hetero) is 2. The van der Waals surface area contributed by atoms with Crippen molar-refractivity contribution in [2.24, 2.45) is 5.92 Å². The molecule has 8 rings (SSSR count). The van der Waals surface area contributed by atoms with E-state index in [1.165, 1.54) is 0 Å². The van der Waals surface area contributed by atoms with E-state index in [1.54, 1.807) is 24.4 Å². The van der Waals surface area contributed by atoms with Crippen molar-refractivity contribution in [2.45, 2.75) is 95.2 Å². The van der Waals surface area contributed by atoms with Crippen molar-refractivity contribution in [2.75, 3.05) is 6.54 Å². The number of hydrogen-bond donors (Lipinski definition) is 4. The average Bonchev–Trinajstić information content (AvgIpc) is 3.97. The maximum atomic E-state index is 14.5. The first kappa shape index (κ1) is 37.4. The third-order valence-electron chi connectivity index (χ3n) is 11.7. The molecule has 3 aromatic carbocycles. The Hall–Kier alpha value is -5.54. The van der Waals surface area contributed by atoms with Crippen LogP contribution in [0.15, 0.2) is 90.8 Å². The lowest BCUT2D eigenvalue weighted by Crippen LogP contribution is -2.32. The Balaban J connectivity index is 1.11. The van der Waals surface area contributed by atoms with E-state index >= 15 is 0 Å². The van der Waals surface area contributed by atoms with Gasteiger partial charge in [-0.05, 0) is 116 Å². The highest BCUT2D eigenvalue weighted by atomic mass is 16.5. The van der Waals surface area contributed by atoms with E-state index in [0.717, 1.165) is 81.7 Å². The van der Waals surface area contributed by atoms with Crippen LogP contribution in [0.5, 0.6) is 17.2 Å². The molecule has 9 heteroatoms. The molecule has 290 valence electrons. The number of aromatic nitrogens is 2. The maximum Gasteiger partial charge on any atom is 0.161 e. The van der Waals surface area contributed by atoms with Gasteiger partial charge < -0.3 is 35.3 Å². The Morgan fingerprint density at radius 3 is 2.48 bits per heavy atom. The highest BCUT2D eigenvalue weighted by molar-refractivity contribution is 6.02. The fourth-order valence-electron chi connectivity index (χ4n) is 8.89. The monoisotopic (exact) mass is 751 g/mol. The Labute approximate surface area is 327 Å². The van der Waals surface area contributed by atoms with Gasteiger partial charge >= 0.3 is 0 Å². The number of aromatic hydroxyl groups is 2. The van der Waals surface area contributed by atoms with Crippen LogP contribution in [0.1, 0.15) is 102 Å². The molecule has 9 nitrogen and oxygen atoms in total. The number of ketones is 2. The average molecular weight is 752 g/mol. The lowest BCUT2D eigenvalue weighted by Gasteiger charge is -2.37. The molecule has 0 radical (unpaired) electrons. The number of fused-ring (bicyclic) bond motifs is 7. The second-order valence-corrected chi connectivity index (χ2v) is 15.8. The summed E-state index contributed by atoms with van der Waals surface area (Å²) in [5, 5.41) is 37.9. The summed E-state index contributed by atoms with van der Waals surface area (Å²) in [6.45, 7) is 0.231. The molecule has 1 aliphatic heterocycles. The molecule has 3 aliphatic rings. The zero-order chi connectivity index (χ0) is 38.6. The van der Waals surface area contributed by atoms with Crippen LogP contribution in [0.3, 0.4) is 0 Å². The molecule has 0 spiro atoms. The van der Waals surface area contributed by atoms with E-state index < -0.39 is 17.9 Å². The van der Waals surface area contributed by atoms with E-state index in [-0.39, 0.29) is 48.6 Å². The van der Waals surface area contributed by atoms with Crippen LogP contribution in [0.2, 0.25) is 0 Å². The quantitative estimate of drug-likeness (QED) is 0.122. The number of hydrogen-bond acceptors (Lipinski definition) is 6. The summed E-state index contributed by atoms with van der Waals surface area (Å²) < 4.78 is 6.37. The summed E-state index contributed by atoms with van der Waals surface area (Å²) in [5.41, 5.74) is 8.15. The molecule has 0 amide bonds. The summed E-state index contributed by atoms with van der Waals surface area (Å²) in [7, 11) is 0. The van der Waals surface area contributed by atoms with Gasteiger partial charge in [0.2, 0.25) is 0 Å². The lowest BCUT2D eigenvalue weighted by atomic mass is 9.71. The first-order valence-corrected chi connectivity index (χ1v) is 20.0. The van der Waals surface area contributed by atoms with Gasteiger partial charge in [-0.3, -0.25) is 9.59 Å². The number of benzene rings is 3. The van der Waals surface area contributed by atoms with Gasteiger partial charge in [0.05, 0.1) is 18.6 Å². The van der Waals surface area contributed by atoms with Gasteiger partial charge in [0.1, 0.15) is 17.3 Å². The zero-order valence-corrected chi connectivity index (χ0v) is 31.6. The number of ether oxygens (including phenoxy) is 1. The zero-order valence-electron chi connectivity index (χ0n) is 31.6. The molecule has 1 fully saturated rings. The van der Waals surface area contributed by atoms with Crippen molar-refractivity contribution in [3.8, 4) is 17.2 Å². The number of H-pyrrole nitrogens is 1. The number of aliphatic hydroxyl groups excluding tert-OH is 1. The van der Waals surface area contributed by atoms with Crippen LogP contribution in [0.25, 0.3) is 11.4 Å². The van der Waals surface area contributed by atoms with Crippen LogP contribution >= 0.6 is 0 Å². The molecule has 4 N–H and O–H groups in total. The van der Waals surface area contributed by atoms with Gasteiger partial charge in [0.25, 0.3) is 0 Å². The molecule has 2 aliphatic carbocycles. The second kappa shape index (κ2) is 16.7. The second-order valence-electron chi connectivity index (χ2n) is 15.8. The minimum atomic E-state index is -0.739. The minimum Gasteiger partial charge on any atom is -0.664 e. The molecular formula is C47H49N3O6-2. The number of nitrogens with zero attached hydrogens (tertiary/aromatic N) is 2. The topological polar surface area (TPSA) is 148 Å². The molecule has 0 saturated heterocycles. The third kappa shape index (κ3) is 8.63. The Morgan fingerprint density at radius 2 is 1.66 bits per heavy atom. The summed E-state index contributed by atoms with van der Waals surface area (Å²) in [5.74, 6) is 0.0846. The molecular weight excluding hydrogens is 703 g/mol. The molecule has 3 heterocycles. The number of carbonyl (C=O) groups excluding carboxylic acids is 2. The number of rotatable bonds is 7. The van der Waals surface area contributed by atoms with Crippen LogP contribution in [-0.2, 0) is 35.3 Å². The van der Waals surface area contributed by atoms with Gasteiger partial charge in [-0.25, -0.2) is 0 Å². The number of carbonyl (C=O) groups is 2. The summed E-state index contributed by atoms with van der Waals surface area (Å²) >= 11 is 0. The van der Waals surface area contributed by atoms with Crippen molar-refractivity contribution >= 4 is 23.5 Å². The molecule has 1 saturated carbocycles. The molecule has 56 heavy (non-hydrogen) atoms. The van der Waals surface area contributed by atoms with Gasteiger partial charge in [-0.15, -0.1) is 5.69 Å². The minimum absolute atomic E-state index is 0.0520. The first-order chi connectivity index (χ1) is 27.3. The van der Waals surface area contributed by atoms with E-state index in [1.807, 2.05) is 48.7 Å². The Kier molecular flexibility index (Phi) is 11.1. The Morgan fingerprint density at radius 1 is 0.857 bits per heavy atom. The fraction of sp³-hybridized carbons (Fsp3) is 0.362. The van der Waals surface area contributed by atoms with Crippen LogP contribution in [0, 0.1) is 5.92 Å². The van der Waals surface area contributed by atoms with Crippen molar-refractivity contribution in [1.29, 1.82) is 0 Å². The Bertz CT molecular complexity index is 2230. The van der Waals surface area contributed by atoms with Gasteiger partial charge in [-0.2, -0.15) is 6.20 Å². The summed E-state index contributed by atoms with van der Waals surface area (Å²) in [6.07, 6.45) is 11.8. The molecule has 5 aromatic rings. The van der Waals surface area contributed by atoms with E-state index in [4.69, 9.17) is 10.1 Å². The SMILES string of the molecule is O=C1CCc2cc(c(O)c(OC3CCCC3)c2)Cc2cccc(c2)Cc2cc[nH]c2[N-]CC2=Cc3[n-]ccc3C(CC(O)CCc3cccc(O)c3)C2C(=O)C1.